The van der Waals surface area contributed by atoms with Crippen LogP contribution in [0.4, 0.5) is 0 Å². The van der Waals surface area contributed by atoms with E-state index in [0.717, 1.165) is 12.1 Å². The van der Waals surface area contributed by atoms with E-state index in [1.54, 1.807) is 0 Å². The van der Waals surface area contributed by atoms with Crippen LogP contribution >= 0.6 is 0 Å². The van der Waals surface area contributed by atoms with Crippen molar-refractivity contribution in [2.24, 2.45) is 5.73 Å². The molecule has 6 nitrogen and oxygen atoms in total. The van der Waals surface area contributed by atoms with Crippen LogP contribution in [0.15, 0.2) is 12.1 Å². The summed E-state index contributed by atoms with van der Waals surface area (Å²) in [5, 5.41) is 27.2. The van der Waals surface area contributed by atoms with Gasteiger partial charge in [-0.1, -0.05) is 0 Å². The summed E-state index contributed by atoms with van der Waals surface area (Å²) in [7, 11) is 0. The third-order valence-corrected chi connectivity index (χ3v) is 1.48. The van der Waals surface area contributed by atoms with Crippen molar-refractivity contribution in [2.75, 3.05) is 6.54 Å². The van der Waals surface area contributed by atoms with Gasteiger partial charge in [0, 0.05) is 0 Å². The smallest absolute Gasteiger partial charge is 0.325 e. The van der Waals surface area contributed by atoms with Crippen molar-refractivity contribution in [3.05, 3.63) is 12.1 Å². The minimum atomic E-state index is -0.759. The summed E-state index contributed by atoms with van der Waals surface area (Å²) < 4.78 is 4.55. The lowest BCUT2D eigenvalue weighted by Gasteiger charge is -2.06. The predicted molar refractivity (Wildman–Crippen MR) is 46.1 cm³/mol. The largest absolute Gasteiger partial charge is 0.504 e. The molecule has 0 spiro atoms. The van der Waals surface area contributed by atoms with Crippen LogP contribution in [0.5, 0.6) is 23.0 Å². The van der Waals surface area contributed by atoms with Gasteiger partial charge in [-0.25, -0.2) is 0 Å². The zero-order valence-corrected chi connectivity index (χ0v) is 7.10. The average Bonchev–Trinajstić information content (AvgIpc) is 2.19. The number of carbonyl (C=O) groups is 1. The molecule has 0 radical (unpaired) electrons. The predicted octanol–water partition coefficient (Wildman–Crippen LogP) is -0.333. The Bertz CT molecular complexity index is 363. The third-order valence-electron chi connectivity index (χ3n) is 1.48. The van der Waals surface area contributed by atoms with Crippen LogP contribution in [0.2, 0.25) is 0 Å². The first-order valence-electron chi connectivity index (χ1n) is 3.71. The average molecular weight is 199 g/mol. The van der Waals surface area contributed by atoms with Gasteiger partial charge in [0.2, 0.25) is 11.5 Å². The van der Waals surface area contributed by atoms with Crippen LogP contribution in [0.25, 0.3) is 0 Å². The molecule has 5 N–H and O–H groups in total. The quantitative estimate of drug-likeness (QED) is 0.294. The van der Waals surface area contributed by atoms with Gasteiger partial charge in [-0.05, 0) is 12.1 Å². The number of rotatable bonds is 2. The molecule has 0 aromatic heterocycles. The van der Waals surface area contributed by atoms with E-state index < -0.39 is 23.2 Å². The second-order valence-electron chi connectivity index (χ2n) is 2.46. The number of ether oxygens (including phenoxy) is 1. The van der Waals surface area contributed by atoms with Gasteiger partial charge in [0.1, 0.15) is 0 Å². The fourth-order valence-corrected chi connectivity index (χ4v) is 0.797. The van der Waals surface area contributed by atoms with E-state index >= 15 is 0 Å². The summed E-state index contributed by atoms with van der Waals surface area (Å²) in [6, 6.07) is 2.21. The molecule has 1 aromatic rings. The fraction of sp³-hybridized carbons (Fsp3) is 0.125. The topological polar surface area (TPSA) is 113 Å². The van der Waals surface area contributed by atoms with Crippen LogP contribution in [-0.2, 0) is 4.79 Å². The van der Waals surface area contributed by atoms with Crippen molar-refractivity contribution >= 4 is 5.97 Å². The minimum absolute atomic E-state index is 0.254. The molecule has 6 heteroatoms. The van der Waals surface area contributed by atoms with Crippen molar-refractivity contribution in [3.8, 4) is 23.0 Å². The molecule has 0 aliphatic rings. The fourth-order valence-electron chi connectivity index (χ4n) is 0.797. The third kappa shape index (κ3) is 1.86. The Hall–Kier alpha value is -1.95. The molecule has 0 aliphatic heterocycles. The molecule has 0 heterocycles. The number of aromatic hydroxyl groups is 3. The second-order valence-corrected chi connectivity index (χ2v) is 2.46. The molecule has 0 saturated carbocycles. The summed E-state index contributed by atoms with van der Waals surface area (Å²) in [6.45, 7) is -0.346. The van der Waals surface area contributed by atoms with Crippen LogP contribution < -0.4 is 10.5 Å². The lowest BCUT2D eigenvalue weighted by atomic mass is 10.3. The Balaban J connectivity index is 3.00. The zero-order chi connectivity index (χ0) is 10.7. The Labute approximate surface area is 79.2 Å². The first kappa shape index (κ1) is 10.1. The Morgan fingerprint density at radius 1 is 1.29 bits per heavy atom. The summed E-state index contributed by atoms with van der Waals surface area (Å²) in [6.07, 6.45) is 0. The molecule has 1 rings (SSSR count). The van der Waals surface area contributed by atoms with E-state index in [-0.39, 0.29) is 12.3 Å². The normalized spacial score (nSPS) is 9.79. The zero-order valence-electron chi connectivity index (χ0n) is 7.10. The molecule has 0 atom stereocenters. The summed E-state index contributed by atoms with van der Waals surface area (Å²) >= 11 is 0. The standard InChI is InChI=1S/C8H9NO5/c9-3-6(11)14-5-2-1-4(10)7(12)8(5)13/h1-2,10,12-13H,3,9H2. The number of carbonyl (C=O) groups excluding carboxylic acids is 1. The number of esters is 1. The molecule has 0 aliphatic carbocycles. The van der Waals surface area contributed by atoms with E-state index in [0.29, 0.717) is 0 Å². The highest BCUT2D eigenvalue weighted by Crippen LogP contribution is 2.41. The highest BCUT2D eigenvalue weighted by molar-refractivity contribution is 5.75. The second kappa shape index (κ2) is 3.84. The van der Waals surface area contributed by atoms with Crippen LogP contribution in [0.3, 0.4) is 0 Å². The number of hydrogen-bond acceptors (Lipinski definition) is 6. The Morgan fingerprint density at radius 3 is 2.50 bits per heavy atom. The lowest BCUT2D eigenvalue weighted by Crippen LogP contribution is -2.19. The highest BCUT2D eigenvalue weighted by Gasteiger charge is 2.14. The molecule has 0 saturated heterocycles. The van der Waals surface area contributed by atoms with Gasteiger partial charge in [0.05, 0.1) is 6.54 Å². The van der Waals surface area contributed by atoms with Gasteiger partial charge in [-0.3, -0.25) is 4.79 Å². The van der Waals surface area contributed by atoms with E-state index in [1.807, 2.05) is 0 Å². The van der Waals surface area contributed by atoms with Gasteiger partial charge in [-0.2, -0.15) is 0 Å². The first-order chi connectivity index (χ1) is 6.56. The molecule has 0 bridgehead atoms. The van der Waals surface area contributed by atoms with Crippen molar-refractivity contribution < 1.29 is 24.9 Å². The highest BCUT2D eigenvalue weighted by atomic mass is 16.5. The molecule has 0 amide bonds. The number of benzene rings is 1. The van der Waals surface area contributed by atoms with Gasteiger partial charge in [0.25, 0.3) is 0 Å². The maximum atomic E-state index is 10.7. The number of phenolic OH excluding ortho intramolecular Hbond substituents is 3. The minimum Gasteiger partial charge on any atom is -0.504 e. The molecular formula is C8H9NO5. The lowest BCUT2D eigenvalue weighted by molar-refractivity contribution is -0.132. The summed E-state index contributed by atoms with van der Waals surface area (Å²) in [5.41, 5.74) is 4.97. The Morgan fingerprint density at radius 2 is 1.93 bits per heavy atom. The number of nitrogens with two attached hydrogens (primary N) is 1. The van der Waals surface area contributed by atoms with E-state index in [2.05, 4.69) is 4.74 Å². The SMILES string of the molecule is NCC(=O)Oc1ccc(O)c(O)c1O. The van der Waals surface area contributed by atoms with E-state index in [9.17, 15) is 9.90 Å². The van der Waals surface area contributed by atoms with E-state index in [4.69, 9.17) is 15.9 Å². The number of hydrogen-bond donors (Lipinski definition) is 4. The van der Waals surface area contributed by atoms with E-state index in [1.165, 1.54) is 0 Å². The van der Waals surface area contributed by atoms with Crippen molar-refractivity contribution in [2.45, 2.75) is 0 Å². The van der Waals surface area contributed by atoms with Crippen LogP contribution in [-0.4, -0.2) is 27.8 Å². The summed E-state index contributed by atoms with van der Waals surface area (Å²) in [5.74, 6) is -2.96. The molecule has 14 heavy (non-hydrogen) atoms. The maximum absolute atomic E-state index is 10.7. The molecule has 76 valence electrons. The monoisotopic (exact) mass is 199 g/mol. The Kier molecular flexibility index (Phi) is 2.78. The number of phenols is 3. The van der Waals surface area contributed by atoms with Crippen molar-refractivity contribution in [3.63, 3.8) is 0 Å². The van der Waals surface area contributed by atoms with Crippen molar-refractivity contribution in [1.29, 1.82) is 0 Å². The maximum Gasteiger partial charge on any atom is 0.325 e. The van der Waals surface area contributed by atoms with Gasteiger partial charge < -0.3 is 25.8 Å². The molecular weight excluding hydrogens is 190 g/mol. The van der Waals surface area contributed by atoms with Gasteiger partial charge in [0.15, 0.2) is 11.5 Å². The van der Waals surface area contributed by atoms with Gasteiger partial charge >= 0.3 is 5.97 Å². The molecule has 0 fully saturated rings. The summed E-state index contributed by atoms with van der Waals surface area (Å²) in [4.78, 5) is 10.7. The molecule has 1 aromatic carbocycles. The van der Waals surface area contributed by atoms with Crippen LogP contribution in [0, 0.1) is 0 Å². The first-order valence-corrected chi connectivity index (χ1v) is 3.71. The van der Waals surface area contributed by atoms with Crippen LogP contribution in [0.1, 0.15) is 0 Å². The van der Waals surface area contributed by atoms with Gasteiger partial charge in [-0.15, -0.1) is 0 Å². The van der Waals surface area contributed by atoms with Crippen molar-refractivity contribution in [1.82, 2.24) is 0 Å². The molecule has 0 unspecified atom stereocenters.